The molecule has 3 nitrogen and oxygen atoms in total. The average molecular weight is 207 g/mol. The zero-order valence-corrected chi connectivity index (χ0v) is 10.3. The van der Waals surface area contributed by atoms with E-state index in [1.807, 2.05) is 10.9 Å². The number of aromatic nitrogens is 2. The van der Waals surface area contributed by atoms with Crippen molar-refractivity contribution in [3.05, 3.63) is 18.0 Å². The standard InChI is InChI=1S/C12H21N3/c1-11(2,3)15-7-8(6-14-15)9-10(13)12(9,4)5/h6-7,9-10H,13H2,1-5H3. The van der Waals surface area contributed by atoms with Gasteiger partial charge in [-0.25, -0.2) is 0 Å². The quantitative estimate of drug-likeness (QED) is 0.766. The van der Waals surface area contributed by atoms with Gasteiger partial charge in [0, 0.05) is 18.2 Å². The summed E-state index contributed by atoms with van der Waals surface area (Å²) in [6.45, 7) is 10.9. The number of rotatable bonds is 1. The van der Waals surface area contributed by atoms with E-state index >= 15 is 0 Å². The molecular weight excluding hydrogens is 186 g/mol. The largest absolute Gasteiger partial charge is 0.327 e. The smallest absolute Gasteiger partial charge is 0.0543 e. The van der Waals surface area contributed by atoms with E-state index < -0.39 is 0 Å². The predicted octanol–water partition coefficient (Wildman–Crippen LogP) is 2.09. The van der Waals surface area contributed by atoms with Crippen LogP contribution in [0.2, 0.25) is 0 Å². The van der Waals surface area contributed by atoms with Gasteiger partial charge >= 0.3 is 0 Å². The maximum absolute atomic E-state index is 6.06. The van der Waals surface area contributed by atoms with Crippen molar-refractivity contribution in [3.8, 4) is 0 Å². The van der Waals surface area contributed by atoms with E-state index in [0.717, 1.165) is 0 Å². The molecule has 0 aliphatic heterocycles. The van der Waals surface area contributed by atoms with Gasteiger partial charge in [-0.15, -0.1) is 0 Å². The lowest BCUT2D eigenvalue weighted by molar-refractivity contribution is 0.355. The van der Waals surface area contributed by atoms with Crippen molar-refractivity contribution in [1.29, 1.82) is 0 Å². The Labute approximate surface area is 91.7 Å². The molecule has 0 radical (unpaired) electrons. The molecular formula is C12H21N3. The topological polar surface area (TPSA) is 43.8 Å². The number of hydrogen-bond donors (Lipinski definition) is 1. The molecule has 0 amide bonds. The van der Waals surface area contributed by atoms with Crippen LogP contribution in [0.3, 0.4) is 0 Å². The molecule has 1 aliphatic rings. The van der Waals surface area contributed by atoms with E-state index in [4.69, 9.17) is 5.73 Å². The fraction of sp³-hybridized carbons (Fsp3) is 0.750. The molecule has 2 rings (SSSR count). The van der Waals surface area contributed by atoms with Gasteiger partial charge in [-0.3, -0.25) is 4.68 Å². The minimum atomic E-state index is 0.0569. The van der Waals surface area contributed by atoms with E-state index in [0.29, 0.717) is 5.92 Å². The fourth-order valence-corrected chi connectivity index (χ4v) is 2.18. The van der Waals surface area contributed by atoms with Crippen molar-refractivity contribution in [1.82, 2.24) is 9.78 Å². The summed E-state index contributed by atoms with van der Waals surface area (Å²) in [6, 6.07) is 0.287. The van der Waals surface area contributed by atoms with Gasteiger partial charge in [-0.2, -0.15) is 5.10 Å². The third kappa shape index (κ3) is 1.59. The van der Waals surface area contributed by atoms with Crippen LogP contribution in [-0.4, -0.2) is 15.8 Å². The van der Waals surface area contributed by atoms with Gasteiger partial charge in [0.2, 0.25) is 0 Å². The SMILES string of the molecule is CC1(C)C(N)C1c1cnn(C(C)(C)C)c1. The molecule has 1 aromatic heterocycles. The number of nitrogens with zero attached hydrogens (tertiary/aromatic N) is 2. The molecule has 2 N–H and O–H groups in total. The Balaban J connectivity index is 2.23. The van der Waals surface area contributed by atoms with Crippen LogP contribution in [0.1, 0.15) is 46.1 Å². The third-order valence-corrected chi connectivity index (χ3v) is 3.56. The van der Waals surface area contributed by atoms with E-state index in [-0.39, 0.29) is 17.0 Å². The van der Waals surface area contributed by atoms with Gasteiger partial charge in [0.15, 0.2) is 0 Å². The van der Waals surface area contributed by atoms with Crippen LogP contribution in [0.4, 0.5) is 0 Å². The molecule has 1 heterocycles. The van der Waals surface area contributed by atoms with Crippen LogP contribution in [0.15, 0.2) is 12.4 Å². The van der Waals surface area contributed by atoms with Crippen molar-refractivity contribution in [2.24, 2.45) is 11.1 Å². The molecule has 84 valence electrons. The minimum Gasteiger partial charge on any atom is -0.327 e. The van der Waals surface area contributed by atoms with Gasteiger partial charge in [-0.1, -0.05) is 13.8 Å². The third-order valence-electron chi connectivity index (χ3n) is 3.56. The van der Waals surface area contributed by atoms with E-state index in [2.05, 4.69) is 45.9 Å². The Morgan fingerprint density at radius 3 is 2.27 bits per heavy atom. The average Bonchev–Trinajstić information content (AvgIpc) is 2.53. The molecule has 1 aliphatic carbocycles. The molecule has 2 atom stereocenters. The summed E-state index contributed by atoms with van der Waals surface area (Å²) < 4.78 is 2.02. The van der Waals surface area contributed by atoms with Crippen LogP contribution in [0, 0.1) is 5.41 Å². The highest BCUT2D eigenvalue weighted by Gasteiger charge is 2.56. The van der Waals surface area contributed by atoms with E-state index in [9.17, 15) is 0 Å². The summed E-state index contributed by atoms with van der Waals surface area (Å²) in [5.74, 6) is 0.480. The summed E-state index contributed by atoms with van der Waals surface area (Å²) in [5.41, 5.74) is 7.64. The first-order valence-electron chi connectivity index (χ1n) is 5.55. The molecule has 0 bridgehead atoms. The molecule has 15 heavy (non-hydrogen) atoms. The second-order valence-electron chi connectivity index (χ2n) is 6.21. The minimum absolute atomic E-state index is 0.0569. The van der Waals surface area contributed by atoms with Gasteiger partial charge in [-0.05, 0) is 31.7 Å². The van der Waals surface area contributed by atoms with Crippen molar-refractivity contribution < 1.29 is 0 Å². The monoisotopic (exact) mass is 207 g/mol. The van der Waals surface area contributed by atoms with Crippen molar-refractivity contribution >= 4 is 0 Å². The highest BCUT2D eigenvalue weighted by molar-refractivity contribution is 5.30. The van der Waals surface area contributed by atoms with E-state index in [1.165, 1.54) is 5.56 Å². The molecule has 2 unspecified atom stereocenters. The maximum Gasteiger partial charge on any atom is 0.0543 e. The van der Waals surface area contributed by atoms with Crippen LogP contribution in [0.25, 0.3) is 0 Å². The molecule has 0 aromatic carbocycles. The van der Waals surface area contributed by atoms with E-state index in [1.54, 1.807) is 0 Å². The first-order chi connectivity index (χ1) is 6.74. The Hall–Kier alpha value is -0.830. The fourth-order valence-electron chi connectivity index (χ4n) is 2.18. The van der Waals surface area contributed by atoms with Crippen LogP contribution in [0.5, 0.6) is 0 Å². The second-order valence-corrected chi connectivity index (χ2v) is 6.21. The molecule has 1 fully saturated rings. The first kappa shape index (κ1) is 10.7. The zero-order valence-electron chi connectivity index (χ0n) is 10.3. The van der Waals surface area contributed by atoms with Crippen molar-refractivity contribution in [3.63, 3.8) is 0 Å². The molecule has 3 heteroatoms. The Morgan fingerprint density at radius 2 is 1.93 bits per heavy atom. The summed E-state index contributed by atoms with van der Waals surface area (Å²) in [7, 11) is 0. The number of hydrogen-bond acceptors (Lipinski definition) is 2. The van der Waals surface area contributed by atoms with Crippen molar-refractivity contribution in [2.75, 3.05) is 0 Å². The molecule has 1 aromatic rings. The Kier molecular flexibility index (Phi) is 2.03. The second kappa shape index (κ2) is 2.85. The highest BCUT2D eigenvalue weighted by atomic mass is 15.3. The lowest BCUT2D eigenvalue weighted by atomic mass is 10.1. The molecule has 0 spiro atoms. The Bertz CT molecular complexity index is 370. The summed E-state index contributed by atoms with van der Waals surface area (Å²) in [5, 5.41) is 4.41. The predicted molar refractivity (Wildman–Crippen MR) is 61.7 cm³/mol. The highest BCUT2D eigenvalue weighted by Crippen LogP contribution is 2.57. The maximum atomic E-state index is 6.06. The normalized spacial score (nSPS) is 29.2. The van der Waals surface area contributed by atoms with Crippen molar-refractivity contribution in [2.45, 2.75) is 52.1 Å². The lowest BCUT2D eigenvalue weighted by Crippen LogP contribution is -2.21. The first-order valence-corrected chi connectivity index (χ1v) is 5.55. The van der Waals surface area contributed by atoms with Gasteiger partial charge in [0.05, 0.1) is 11.7 Å². The van der Waals surface area contributed by atoms with Gasteiger partial charge in [0.1, 0.15) is 0 Å². The molecule has 1 saturated carbocycles. The Morgan fingerprint density at radius 1 is 1.40 bits per heavy atom. The van der Waals surface area contributed by atoms with Gasteiger partial charge in [0.25, 0.3) is 0 Å². The van der Waals surface area contributed by atoms with Crippen LogP contribution < -0.4 is 5.73 Å². The van der Waals surface area contributed by atoms with Crippen LogP contribution >= 0.6 is 0 Å². The summed E-state index contributed by atoms with van der Waals surface area (Å²) in [6.07, 6.45) is 4.10. The summed E-state index contributed by atoms with van der Waals surface area (Å²) in [4.78, 5) is 0. The zero-order chi connectivity index (χ0) is 11.4. The number of nitrogens with two attached hydrogens (primary N) is 1. The molecule has 0 saturated heterocycles. The summed E-state index contributed by atoms with van der Waals surface area (Å²) >= 11 is 0. The lowest BCUT2D eigenvalue weighted by Gasteiger charge is -2.18. The van der Waals surface area contributed by atoms with Crippen LogP contribution in [-0.2, 0) is 5.54 Å². The van der Waals surface area contributed by atoms with Gasteiger partial charge < -0.3 is 5.73 Å².